The highest BCUT2D eigenvalue weighted by Gasteiger charge is 2.25. The number of carbonyl (C=O) groups excluding carboxylic acids is 1. The fraction of sp³-hybridized carbons (Fsp3) is 0.588. The number of nitrogens with zero attached hydrogens (tertiary/aromatic N) is 1. The van der Waals surface area contributed by atoms with Gasteiger partial charge >= 0.3 is 0 Å². The molecule has 1 amide bonds. The molecule has 0 aromatic heterocycles. The monoisotopic (exact) mass is 324 g/mol. The first-order valence-corrected chi connectivity index (χ1v) is 8.32. The number of halogens is 1. The Morgan fingerprint density at radius 1 is 1.36 bits per heavy atom. The maximum absolute atomic E-state index is 12.5. The summed E-state index contributed by atoms with van der Waals surface area (Å²) in [6.07, 6.45) is 1.49. The van der Waals surface area contributed by atoms with Crippen LogP contribution in [0.15, 0.2) is 24.3 Å². The highest BCUT2D eigenvalue weighted by molar-refractivity contribution is 6.33. The molecule has 1 fully saturated rings. The predicted octanol–water partition coefficient (Wildman–Crippen LogP) is 2.55. The summed E-state index contributed by atoms with van der Waals surface area (Å²) in [4.78, 5) is 14.3. The first-order chi connectivity index (χ1) is 10.5. The molecule has 1 aliphatic heterocycles. The van der Waals surface area contributed by atoms with E-state index in [1.807, 2.05) is 30.9 Å². The molecule has 2 N–H and O–H groups in total. The summed E-state index contributed by atoms with van der Waals surface area (Å²) in [5.41, 5.74) is 0.575. The molecule has 4 nitrogen and oxygen atoms in total. The fourth-order valence-corrected chi connectivity index (χ4v) is 2.83. The molecule has 1 aromatic carbocycles. The molecule has 1 atom stereocenters. The first kappa shape index (κ1) is 17.3. The van der Waals surface area contributed by atoms with Crippen LogP contribution in [-0.4, -0.2) is 47.7 Å². The zero-order valence-corrected chi connectivity index (χ0v) is 14.0. The Hall–Kier alpha value is -1.10. The van der Waals surface area contributed by atoms with E-state index in [9.17, 15) is 9.90 Å². The van der Waals surface area contributed by atoms with Crippen molar-refractivity contribution in [1.29, 1.82) is 0 Å². The Bertz CT molecular complexity index is 499. The van der Waals surface area contributed by atoms with Gasteiger partial charge < -0.3 is 15.3 Å². The molecule has 1 aliphatic rings. The molecule has 5 heteroatoms. The van der Waals surface area contributed by atoms with E-state index < -0.39 is 0 Å². The van der Waals surface area contributed by atoms with Gasteiger partial charge in [-0.15, -0.1) is 0 Å². The predicted molar refractivity (Wildman–Crippen MR) is 89.2 cm³/mol. The number of carbonyl (C=O) groups is 1. The van der Waals surface area contributed by atoms with Crippen molar-refractivity contribution in [2.24, 2.45) is 5.92 Å². The molecular formula is C17H25ClN2O2. The Morgan fingerprint density at radius 3 is 2.59 bits per heavy atom. The summed E-state index contributed by atoms with van der Waals surface area (Å²) in [6, 6.07) is 7.55. The summed E-state index contributed by atoms with van der Waals surface area (Å²) in [7, 11) is 0. The lowest BCUT2D eigenvalue weighted by Gasteiger charge is -2.33. The lowest BCUT2D eigenvalue weighted by molar-refractivity contribution is 0.0690. The summed E-state index contributed by atoms with van der Waals surface area (Å²) >= 11 is 6.09. The summed E-state index contributed by atoms with van der Waals surface area (Å²) in [6.45, 7) is 6.08. The van der Waals surface area contributed by atoms with Crippen molar-refractivity contribution in [3.8, 4) is 0 Å². The molecule has 1 aromatic rings. The van der Waals surface area contributed by atoms with E-state index >= 15 is 0 Å². The van der Waals surface area contributed by atoms with Crippen molar-refractivity contribution >= 4 is 17.5 Å². The molecule has 0 aliphatic carbocycles. The normalized spacial score (nSPS) is 17.8. The van der Waals surface area contributed by atoms with Crippen LogP contribution in [0.3, 0.4) is 0 Å². The third kappa shape index (κ3) is 4.45. The number of rotatable bonds is 5. The summed E-state index contributed by atoms with van der Waals surface area (Å²) in [5, 5.41) is 13.7. The van der Waals surface area contributed by atoms with Crippen LogP contribution in [0.1, 0.15) is 37.0 Å². The number of benzene rings is 1. The largest absolute Gasteiger partial charge is 0.392 e. The summed E-state index contributed by atoms with van der Waals surface area (Å²) in [5.74, 6) is 0.264. The number of aliphatic hydroxyl groups is 1. The van der Waals surface area contributed by atoms with Crippen molar-refractivity contribution in [1.82, 2.24) is 10.2 Å². The zero-order valence-electron chi connectivity index (χ0n) is 13.3. The Kier molecular flexibility index (Phi) is 6.24. The SMILES string of the molecule is CC(C)C(O)CNC1CCN(C(=O)c2ccccc2Cl)CC1. The van der Waals surface area contributed by atoms with Crippen LogP contribution in [0.4, 0.5) is 0 Å². The van der Waals surface area contributed by atoms with Crippen LogP contribution in [0.25, 0.3) is 0 Å². The Morgan fingerprint density at radius 2 is 2.00 bits per heavy atom. The van der Waals surface area contributed by atoms with Gasteiger partial charge in [-0.05, 0) is 30.9 Å². The molecule has 2 rings (SSSR count). The number of amides is 1. The third-order valence-corrected chi connectivity index (χ3v) is 4.60. The fourth-order valence-electron chi connectivity index (χ4n) is 2.61. The highest BCUT2D eigenvalue weighted by atomic mass is 35.5. The van der Waals surface area contributed by atoms with Gasteiger partial charge in [0.2, 0.25) is 0 Å². The van der Waals surface area contributed by atoms with E-state index in [0.29, 0.717) is 23.2 Å². The summed E-state index contributed by atoms with van der Waals surface area (Å²) < 4.78 is 0. The van der Waals surface area contributed by atoms with Gasteiger partial charge in [0.15, 0.2) is 0 Å². The van der Waals surface area contributed by atoms with Crippen molar-refractivity contribution < 1.29 is 9.90 Å². The van der Waals surface area contributed by atoms with Crippen LogP contribution in [0, 0.1) is 5.92 Å². The van der Waals surface area contributed by atoms with Crippen LogP contribution >= 0.6 is 11.6 Å². The van der Waals surface area contributed by atoms with Crippen LogP contribution in [-0.2, 0) is 0 Å². The van der Waals surface area contributed by atoms with Crippen LogP contribution < -0.4 is 5.32 Å². The molecule has 1 saturated heterocycles. The average molecular weight is 325 g/mol. The van der Waals surface area contributed by atoms with E-state index in [-0.39, 0.29) is 17.9 Å². The lowest BCUT2D eigenvalue weighted by atomic mass is 10.0. The number of hydrogen-bond acceptors (Lipinski definition) is 3. The van der Waals surface area contributed by atoms with Crippen molar-refractivity contribution in [2.75, 3.05) is 19.6 Å². The van der Waals surface area contributed by atoms with Crippen LogP contribution in [0.2, 0.25) is 5.02 Å². The minimum Gasteiger partial charge on any atom is -0.392 e. The number of aliphatic hydroxyl groups excluding tert-OH is 1. The van der Waals surface area contributed by atoms with Gasteiger partial charge in [0.1, 0.15) is 0 Å². The maximum atomic E-state index is 12.5. The van der Waals surface area contributed by atoms with E-state index in [1.54, 1.807) is 12.1 Å². The minimum absolute atomic E-state index is 0.00580. The second-order valence-electron chi connectivity index (χ2n) is 6.27. The number of nitrogens with one attached hydrogen (secondary N) is 1. The lowest BCUT2D eigenvalue weighted by Crippen LogP contribution is -2.47. The number of hydrogen-bond donors (Lipinski definition) is 2. The van der Waals surface area contributed by atoms with Crippen molar-refractivity contribution in [3.63, 3.8) is 0 Å². The second-order valence-corrected chi connectivity index (χ2v) is 6.67. The molecule has 22 heavy (non-hydrogen) atoms. The smallest absolute Gasteiger partial charge is 0.255 e. The quantitative estimate of drug-likeness (QED) is 0.875. The van der Waals surface area contributed by atoms with Gasteiger partial charge in [-0.1, -0.05) is 37.6 Å². The van der Waals surface area contributed by atoms with E-state index in [2.05, 4.69) is 5.32 Å². The number of likely N-dealkylation sites (tertiary alicyclic amines) is 1. The molecule has 0 bridgehead atoms. The van der Waals surface area contributed by atoms with Gasteiger partial charge in [-0.3, -0.25) is 4.79 Å². The van der Waals surface area contributed by atoms with Crippen molar-refractivity contribution in [2.45, 2.75) is 38.8 Å². The van der Waals surface area contributed by atoms with Gasteiger partial charge in [0, 0.05) is 25.7 Å². The Labute approximate surface area is 137 Å². The average Bonchev–Trinajstić information content (AvgIpc) is 2.52. The molecule has 0 radical (unpaired) electrons. The maximum Gasteiger partial charge on any atom is 0.255 e. The number of piperidine rings is 1. The van der Waals surface area contributed by atoms with E-state index in [0.717, 1.165) is 25.9 Å². The van der Waals surface area contributed by atoms with E-state index in [4.69, 9.17) is 11.6 Å². The third-order valence-electron chi connectivity index (χ3n) is 4.27. The first-order valence-electron chi connectivity index (χ1n) is 7.94. The van der Waals surface area contributed by atoms with Gasteiger partial charge in [-0.2, -0.15) is 0 Å². The molecule has 0 spiro atoms. The molecule has 1 unspecified atom stereocenters. The molecule has 0 saturated carbocycles. The van der Waals surface area contributed by atoms with E-state index in [1.165, 1.54) is 0 Å². The highest BCUT2D eigenvalue weighted by Crippen LogP contribution is 2.20. The van der Waals surface area contributed by atoms with Gasteiger partial charge in [0.25, 0.3) is 5.91 Å². The minimum atomic E-state index is -0.317. The van der Waals surface area contributed by atoms with Gasteiger partial charge in [0.05, 0.1) is 16.7 Å². The molecule has 1 heterocycles. The van der Waals surface area contributed by atoms with Crippen LogP contribution in [0.5, 0.6) is 0 Å². The molecular weight excluding hydrogens is 300 g/mol. The Balaban J connectivity index is 1.82. The standard InChI is InChI=1S/C17H25ClN2O2/c1-12(2)16(21)11-19-13-7-9-20(10-8-13)17(22)14-5-3-4-6-15(14)18/h3-6,12-13,16,19,21H,7-11H2,1-2H3. The zero-order chi connectivity index (χ0) is 16.1. The second kappa shape index (κ2) is 7.95. The van der Waals surface area contributed by atoms with Gasteiger partial charge in [-0.25, -0.2) is 0 Å². The van der Waals surface area contributed by atoms with Crippen molar-refractivity contribution in [3.05, 3.63) is 34.9 Å². The molecule has 122 valence electrons. The topological polar surface area (TPSA) is 52.6 Å².